The van der Waals surface area contributed by atoms with Crippen LogP contribution in [0, 0.1) is 18.3 Å². The van der Waals surface area contributed by atoms with Crippen LogP contribution >= 0.6 is 11.8 Å². The van der Waals surface area contributed by atoms with Gasteiger partial charge in [0, 0.05) is 23.3 Å². The molecule has 2 aromatic rings. The lowest BCUT2D eigenvalue weighted by Crippen LogP contribution is -2.00. The van der Waals surface area contributed by atoms with Gasteiger partial charge < -0.3 is 4.57 Å². The summed E-state index contributed by atoms with van der Waals surface area (Å²) in [6.07, 6.45) is 2.43. The van der Waals surface area contributed by atoms with Gasteiger partial charge in [-0.25, -0.2) is 0 Å². The lowest BCUT2D eigenvalue weighted by atomic mass is 10.0. The number of nitriles is 1. The van der Waals surface area contributed by atoms with Gasteiger partial charge in [-0.05, 0) is 54.8 Å². The molecule has 0 amide bonds. The quantitative estimate of drug-likeness (QED) is 0.784. The first kappa shape index (κ1) is 12.4. The van der Waals surface area contributed by atoms with E-state index < -0.39 is 0 Å². The molecule has 0 spiro atoms. The molecule has 0 aliphatic carbocycles. The highest BCUT2D eigenvalue weighted by Crippen LogP contribution is 2.34. The highest BCUT2D eigenvalue weighted by Gasteiger charge is 2.14. The molecule has 2 heterocycles. The van der Waals surface area contributed by atoms with E-state index in [1.807, 2.05) is 31.8 Å². The van der Waals surface area contributed by atoms with Crippen LogP contribution < -0.4 is 0 Å². The molecule has 1 aromatic heterocycles. The number of aryl methyl sites for hydroxylation is 1. The number of thioether (sulfide) groups is 1. The zero-order valence-corrected chi connectivity index (χ0v) is 12.0. The Bertz CT molecular complexity index is 677. The molecule has 0 atom stereocenters. The molecule has 2 nitrogen and oxygen atoms in total. The highest BCUT2D eigenvalue weighted by atomic mass is 32.2. The van der Waals surface area contributed by atoms with E-state index in [9.17, 15) is 0 Å². The summed E-state index contributed by atoms with van der Waals surface area (Å²) >= 11 is 1.95. The summed E-state index contributed by atoms with van der Waals surface area (Å²) in [7, 11) is 2.03. The fourth-order valence-electron chi connectivity index (χ4n) is 2.61. The molecule has 0 bridgehead atoms. The summed E-state index contributed by atoms with van der Waals surface area (Å²) in [6.45, 7) is 2.00. The normalized spacial score (nSPS) is 13.9. The van der Waals surface area contributed by atoms with Crippen molar-refractivity contribution in [3.8, 4) is 17.3 Å². The molecular formula is C16H16N2S. The van der Waals surface area contributed by atoms with Gasteiger partial charge in [0.15, 0.2) is 0 Å². The molecule has 1 aliphatic heterocycles. The topological polar surface area (TPSA) is 28.7 Å². The van der Waals surface area contributed by atoms with Gasteiger partial charge in [0.2, 0.25) is 0 Å². The minimum Gasteiger partial charge on any atom is -0.347 e. The SMILES string of the molecule is Cc1c(C#N)cc(-c2ccc3c(c2)CCCS3)n1C. The first-order valence-electron chi connectivity index (χ1n) is 6.53. The Hall–Kier alpha value is -1.66. The summed E-state index contributed by atoms with van der Waals surface area (Å²) < 4.78 is 2.11. The standard InChI is InChI=1S/C16H16N2S/c1-11-14(10-17)9-15(18(11)2)12-5-6-16-13(8-12)4-3-7-19-16/h5-6,8-9H,3-4,7H2,1-2H3. The monoisotopic (exact) mass is 268 g/mol. The van der Waals surface area contributed by atoms with Crippen LogP contribution in [0.5, 0.6) is 0 Å². The van der Waals surface area contributed by atoms with Crippen LogP contribution in [0.25, 0.3) is 11.3 Å². The van der Waals surface area contributed by atoms with E-state index in [1.54, 1.807) is 0 Å². The van der Waals surface area contributed by atoms with Crippen LogP contribution in [-0.4, -0.2) is 10.3 Å². The van der Waals surface area contributed by atoms with Gasteiger partial charge in [0.25, 0.3) is 0 Å². The third-order valence-corrected chi connectivity index (χ3v) is 5.06. The maximum atomic E-state index is 9.13. The Morgan fingerprint density at radius 3 is 2.89 bits per heavy atom. The number of fused-ring (bicyclic) bond motifs is 1. The molecule has 3 rings (SSSR count). The number of nitrogens with zero attached hydrogens (tertiary/aromatic N) is 2. The predicted octanol–water partition coefficient (Wildman–Crippen LogP) is 3.91. The Morgan fingerprint density at radius 2 is 2.16 bits per heavy atom. The zero-order valence-electron chi connectivity index (χ0n) is 11.2. The Morgan fingerprint density at radius 1 is 1.32 bits per heavy atom. The van der Waals surface area contributed by atoms with Gasteiger partial charge in [-0.15, -0.1) is 11.8 Å². The number of aromatic nitrogens is 1. The maximum absolute atomic E-state index is 9.13. The van der Waals surface area contributed by atoms with Gasteiger partial charge in [0.1, 0.15) is 6.07 Å². The molecule has 96 valence electrons. The van der Waals surface area contributed by atoms with Crippen LogP contribution in [0.3, 0.4) is 0 Å². The summed E-state index contributed by atoms with van der Waals surface area (Å²) in [5, 5.41) is 9.13. The average Bonchev–Trinajstić information content (AvgIpc) is 2.74. The molecule has 19 heavy (non-hydrogen) atoms. The molecule has 0 saturated carbocycles. The fourth-order valence-corrected chi connectivity index (χ4v) is 3.63. The summed E-state index contributed by atoms with van der Waals surface area (Å²) in [6, 6.07) is 10.9. The van der Waals surface area contributed by atoms with Crippen molar-refractivity contribution in [2.24, 2.45) is 7.05 Å². The van der Waals surface area contributed by atoms with Crippen molar-refractivity contribution in [1.82, 2.24) is 4.57 Å². The van der Waals surface area contributed by atoms with Crippen molar-refractivity contribution in [1.29, 1.82) is 5.26 Å². The van der Waals surface area contributed by atoms with Crippen molar-refractivity contribution >= 4 is 11.8 Å². The van der Waals surface area contributed by atoms with Gasteiger partial charge in [-0.1, -0.05) is 6.07 Å². The van der Waals surface area contributed by atoms with E-state index in [2.05, 4.69) is 28.8 Å². The highest BCUT2D eigenvalue weighted by molar-refractivity contribution is 7.99. The van der Waals surface area contributed by atoms with Gasteiger partial charge in [0.05, 0.1) is 5.56 Å². The van der Waals surface area contributed by atoms with E-state index in [1.165, 1.54) is 34.6 Å². The van der Waals surface area contributed by atoms with Gasteiger partial charge in [-0.2, -0.15) is 5.26 Å². The second-order valence-electron chi connectivity index (χ2n) is 4.97. The van der Waals surface area contributed by atoms with E-state index in [-0.39, 0.29) is 0 Å². The second kappa shape index (κ2) is 4.79. The van der Waals surface area contributed by atoms with Crippen LogP contribution in [0.15, 0.2) is 29.2 Å². The van der Waals surface area contributed by atoms with Crippen molar-refractivity contribution in [2.75, 3.05) is 5.75 Å². The summed E-state index contributed by atoms with van der Waals surface area (Å²) in [5.41, 5.74) is 5.60. The Kier molecular flexibility index (Phi) is 3.12. The van der Waals surface area contributed by atoms with Crippen molar-refractivity contribution in [3.05, 3.63) is 41.1 Å². The maximum Gasteiger partial charge on any atom is 0.101 e. The minimum atomic E-state index is 0.768. The molecule has 0 unspecified atom stereocenters. The average molecular weight is 268 g/mol. The predicted molar refractivity (Wildman–Crippen MR) is 79.3 cm³/mol. The van der Waals surface area contributed by atoms with E-state index in [4.69, 9.17) is 5.26 Å². The van der Waals surface area contributed by atoms with Crippen molar-refractivity contribution in [2.45, 2.75) is 24.7 Å². The number of rotatable bonds is 1. The molecule has 0 N–H and O–H groups in total. The number of benzene rings is 1. The second-order valence-corrected chi connectivity index (χ2v) is 6.11. The van der Waals surface area contributed by atoms with Gasteiger partial charge >= 0.3 is 0 Å². The smallest absolute Gasteiger partial charge is 0.101 e. The van der Waals surface area contributed by atoms with E-state index in [0.29, 0.717) is 0 Å². The third kappa shape index (κ3) is 2.06. The zero-order chi connectivity index (χ0) is 13.4. The third-order valence-electron chi connectivity index (χ3n) is 3.86. The molecule has 0 radical (unpaired) electrons. The summed E-state index contributed by atoms with van der Waals surface area (Å²) in [4.78, 5) is 1.42. The molecule has 0 fully saturated rings. The fraction of sp³-hybridized carbons (Fsp3) is 0.312. The summed E-state index contributed by atoms with van der Waals surface area (Å²) in [5.74, 6) is 1.23. The van der Waals surface area contributed by atoms with Crippen molar-refractivity contribution in [3.63, 3.8) is 0 Å². The lowest BCUT2D eigenvalue weighted by Gasteiger charge is -2.16. The molecule has 1 aliphatic rings. The molecule has 3 heteroatoms. The largest absolute Gasteiger partial charge is 0.347 e. The molecule has 1 aromatic carbocycles. The first-order valence-corrected chi connectivity index (χ1v) is 7.52. The first-order chi connectivity index (χ1) is 9.20. The van der Waals surface area contributed by atoms with E-state index >= 15 is 0 Å². The number of hydrogen-bond donors (Lipinski definition) is 0. The van der Waals surface area contributed by atoms with E-state index in [0.717, 1.165) is 17.0 Å². The van der Waals surface area contributed by atoms with Crippen LogP contribution in [0.2, 0.25) is 0 Å². The minimum absolute atomic E-state index is 0.768. The van der Waals surface area contributed by atoms with Gasteiger partial charge in [-0.3, -0.25) is 0 Å². The van der Waals surface area contributed by atoms with Crippen LogP contribution in [0.4, 0.5) is 0 Å². The molecule has 0 saturated heterocycles. The Balaban J connectivity index is 2.10. The van der Waals surface area contributed by atoms with Crippen LogP contribution in [-0.2, 0) is 13.5 Å². The molecular weight excluding hydrogens is 252 g/mol. The van der Waals surface area contributed by atoms with Crippen LogP contribution in [0.1, 0.15) is 23.2 Å². The number of hydrogen-bond acceptors (Lipinski definition) is 2. The Labute approximate surface area is 118 Å². The van der Waals surface area contributed by atoms with Crippen molar-refractivity contribution < 1.29 is 0 Å². The lowest BCUT2D eigenvalue weighted by molar-refractivity contribution is 0.878.